The average Bonchev–Trinajstić information content (AvgIpc) is 3.18. The maximum atomic E-state index is 4.80. The average molecular weight is 329 g/mol. The molecule has 0 saturated heterocycles. The quantitative estimate of drug-likeness (QED) is 0.612. The van der Waals surface area contributed by atoms with Crippen molar-refractivity contribution in [3.8, 4) is 10.6 Å². The lowest BCUT2D eigenvalue weighted by Crippen LogP contribution is -2.29. The highest BCUT2D eigenvalue weighted by molar-refractivity contribution is 7.14. The van der Waals surface area contributed by atoms with E-state index in [4.69, 9.17) is 4.98 Å². The number of nitrogens with zero attached hydrogens (tertiary/aromatic N) is 2. The zero-order valence-corrected chi connectivity index (χ0v) is 14.5. The lowest BCUT2D eigenvalue weighted by molar-refractivity contribution is 0.201. The van der Waals surface area contributed by atoms with Gasteiger partial charge in [-0.2, -0.15) is 11.3 Å². The van der Waals surface area contributed by atoms with Gasteiger partial charge in [-0.05, 0) is 30.9 Å². The van der Waals surface area contributed by atoms with Gasteiger partial charge in [-0.15, -0.1) is 11.3 Å². The Morgan fingerprint density at radius 2 is 1.86 bits per heavy atom. The Morgan fingerprint density at radius 1 is 1.05 bits per heavy atom. The highest BCUT2D eigenvalue weighted by Gasteiger charge is 2.13. The Bertz CT molecular complexity index is 687. The van der Waals surface area contributed by atoms with Gasteiger partial charge >= 0.3 is 0 Å². The fourth-order valence-electron chi connectivity index (χ4n) is 2.35. The molecule has 0 aliphatic carbocycles. The normalized spacial score (nSPS) is 11.5. The van der Waals surface area contributed by atoms with Crippen molar-refractivity contribution in [2.24, 2.45) is 0 Å². The Balaban J connectivity index is 1.71. The van der Waals surface area contributed by atoms with Crippen LogP contribution >= 0.6 is 22.7 Å². The summed E-state index contributed by atoms with van der Waals surface area (Å²) in [4.78, 5) is 7.26. The van der Waals surface area contributed by atoms with Crippen LogP contribution in [-0.4, -0.2) is 15.9 Å². The molecule has 4 heteroatoms. The molecule has 2 nitrogen and oxygen atoms in total. The molecule has 0 amide bonds. The van der Waals surface area contributed by atoms with Crippen molar-refractivity contribution in [2.45, 2.75) is 33.0 Å². The second-order valence-electron chi connectivity index (χ2n) is 5.64. The summed E-state index contributed by atoms with van der Waals surface area (Å²) in [5.41, 5.74) is 3.75. The highest BCUT2D eigenvalue weighted by Crippen LogP contribution is 2.26. The van der Waals surface area contributed by atoms with Gasteiger partial charge in [-0.25, -0.2) is 4.98 Å². The molecule has 1 aromatic carbocycles. The molecule has 2 heterocycles. The maximum absolute atomic E-state index is 4.80. The topological polar surface area (TPSA) is 16.1 Å². The van der Waals surface area contributed by atoms with Gasteiger partial charge in [0.1, 0.15) is 5.01 Å². The second-order valence-corrected chi connectivity index (χ2v) is 7.28. The Hall–Kier alpha value is -1.49. The van der Waals surface area contributed by atoms with Crippen LogP contribution in [0.2, 0.25) is 0 Å². The first kappa shape index (κ1) is 15.4. The molecule has 0 unspecified atom stereocenters. The molecule has 3 aromatic rings. The zero-order valence-electron chi connectivity index (χ0n) is 12.9. The van der Waals surface area contributed by atoms with Gasteiger partial charge in [-0.3, -0.25) is 4.90 Å². The van der Waals surface area contributed by atoms with Crippen LogP contribution in [0.3, 0.4) is 0 Å². The third-order valence-electron chi connectivity index (χ3n) is 3.64. The molecule has 0 atom stereocenters. The zero-order chi connectivity index (χ0) is 15.4. The summed E-state index contributed by atoms with van der Waals surface area (Å²) in [6.45, 7) is 6.35. The van der Waals surface area contributed by atoms with Gasteiger partial charge in [-0.1, -0.05) is 30.3 Å². The van der Waals surface area contributed by atoms with Crippen LogP contribution in [0, 0.1) is 0 Å². The van der Waals surface area contributed by atoms with Gasteiger partial charge in [0.05, 0.1) is 5.69 Å². The van der Waals surface area contributed by atoms with E-state index in [-0.39, 0.29) is 0 Å². The molecule has 114 valence electrons. The van der Waals surface area contributed by atoms with E-state index in [0.29, 0.717) is 6.04 Å². The van der Waals surface area contributed by atoms with E-state index in [1.807, 2.05) is 0 Å². The molecule has 0 aliphatic rings. The molecule has 22 heavy (non-hydrogen) atoms. The van der Waals surface area contributed by atoms with Gasteiger partial charge in [0.15, 0.2) is 0 Å². The van der Waals surface area contributed by atoms with E-state index in [9.17, 15) is 0 Å². The molecule has 0 N–H and O–H groups in total. The van der Waals surface area contributed by atoms with E-state index in [0.717, 1.165) is 23.8 Å². The molecule has 0 saturated carbocycles. The van der Waals surface area contributed by atoms with Crippen molar-refractivity contribution in [1.82, 2.24) is 9.88 Å². The van der Waals surface area contributed by atoms with Crippen molar-refractivity contribution in [3.05, 3.63) is 63.8 Å². The summed E-state index contributed by atoms with van der Waals surface area (Å²) in [5, 5.41) is 7.58. The largest absolute Gasteiger partial charge is 0.291 e. The molecule has 0 aliphatic heterocycles. The van der Waals surface area contributed by atoms with E-state index in [2.05, 4.69) is 71.3 Å². The van der Waals surface area contributed by atoms with Crippen molar-refractivity contribution in [2.75, 3.05) is 0 Å². The predicted molar refractivity (Wildman–Crippen MR) is 96.3 cm³/mol. The Labute approximate surface area is 140 Å². The maximum Gasteiger partial charge on any atom is 0.124 e. The van der Waals surface area contributed by atoms with Crippen molar-refractivity contribution < 1.29 is 0 Å². The molecule has 0 fully saturated rings. The van der Waals surface area contributed by atoms with Crippen molar-refractivity contribution >= 4 is 22.7 Å². The molecule has 0 spiro atoms. The minimum absolute atomic E-state index is 0.492. The van der Waals surface area contributed by atoms with Crippen molar-refractivity contribution in [3.63, 3.8) is 0 Å². The monoisotopic (exact) mass is 328 g/mol. The van der Waals surface area contributed by atoms with Gasteiger partial charge in [0, 0.05) is 35.5 Å². The lowest BCUT2D eigenvalue weighted by Gasteiger charge is -2.25. The Morgan fingerprint density at radius 3 is 2.55 bits per heavy atom. The third kappa shape index (κ3) is 3.83. The first-order valence-corrected chi connectivity index (χ1v) is 9.29. The second kappa shape index (κ2) is 7.18. The first-order chi connectivity index (χ1) is 10.7. The standard InChI is InChI=1S/C18H20N2S2/c1-14(2)20(10-15-6-4-3-5-7-15)11-17-13-22-18(19-17)16-8-9-21-12-16/h3-9,12-14H,10-11H2,1-2H3. The fraction of sp³-hybridized carbons (Fsp3) is 0.278. The third-order valence-corrected chi connectivity index (χ3v) is 5.27. The van der Waals surface area contributed by atoms with E-state index in [1.54, 1.807) is 22.7 Å². The summed E-state index contributed by atoms with van der Waals surface area (Å²) < 4.78 is 0. The van der Waals surface area contributed by atoms with Crippen LogP contribution in [0.1, 0.15) is 25.1 Å². The number of hydrogen-bond acceptors (Lipinski definition) is 4. The summed E-state index contributed by atoms with van der Waals surface area (Å²) >= 11 is 3.46. The van der Waals surface area contributed by atoms with Gasteiger partial charge in [0.2, 0.25) is 0 Å². The molecular weight excluding hydrogens is 308 g/mol. The lowest BCUT2D eigenvalue weighted by atomic mass is 10.2. The number of thiazole rings is 1. The smallest absolute Gasteiger partial charge is 0.124 e. The van der Waals surface area contributed by atoms with E-state index >= 15 is 0 Å². The summed E-state index contributed by atoms with van der Waals surface area (Å²) in [6.07, 6.45) is 0. The van der Waals surface area contributed by atoms with Crippen LogP contribution in [0.5, 0.6) is 0 Å². The van der Waals surface area contributed by atoms with Gasteiger partial charge in [0.25, 0.3) is 0 Å². The minimum Gasteiger partial charge on any atom is -0.291 e. The molecule has 3 rings (SSSR count). The van der Waals surface area contributed by atoms with Crippen LogP contribution in [0.4, 0.5) is 0 Å². The fourth-order valence-corrected chi connectivity index (χ4v) is 3.87. The summed E-state index contributed by atoms with van der Waals surface area (Å²) in [6, 6.07) is 13.3. The summed E-state index contributed by atoms with van der Waals surface area (Å²) in [7, 11) is 0. The molecule has 2 aromatic heterocycles. The SMILES string of the molecule is CC(C)N(Cc1ccccc1)Cc1csc(-c2ccsc2)n1. The number of benzene rings is 1. The number of thiophene rings is 1. The van der Waals surface area contributed by atoms with E-state index < -0.39 is 0 Å². The van der Waals surface area contributed by atoms with Crippen LogP contribution in [0.15, 0.2) is 52.5 Å². The number of rotatable bonds is 6. The van der Waals surface area contributed by atoms with E-state index in [1.165, 1.54) is 11.1 Å². The van der Waals surface area contributed by atoms with Crippen LogP contribution in [-0.2, 0) is 13.1 Å². The molecule has 0 bridgehead atoms. The minimum atomic E-state index is 0.492. The first-order valence-electron chi connectivity index (χ1n) is 7.47. The van der Waals surface area contributed by atoms with Crippen LogP contribution < -0.4 is 0 Å². The number of aromatic nitrogens is 1. The molecule has 0 radical (unpaired) electrons. The molecular formula is C18H20N2S2. The number of hydrogen-bond donors (Lipinski definition) is 0. The Kier molecular flexibility index (Phi) is 5.03. The van der Waals surface area contributed by atoms with Gasteiger partial charge < -0.3 is 0 Å². The highest BCUT2D eigenvalue weighted by atomic mass is 32.1. The van der Waals surface area contributed by atoms with Crippen LogP contribution in [0.25, 0.3) is 10.6 Å². The van der Waals surface area contributed by atoms with Crippen molar-refractivity contribution in [1.29, 1.82) is 0 Å². The summed E-state index contributed by atoms with van der Waals surface area (Å²) in [5.74, 6) is 0. The predicted octanol–water partition coefficient (Wildman–Crippen LogP) is 5.28.